The molecule has 1 aromatic rings. The second-order valence-corrected chi connectivity index (χ2v) is 5.67. The first-order valence-electron chi connectivity index (χ1n) is 6.58. The van der Waals surface area contributed by atoms with Crippen LogP contribution in [0.25, 0.3) is 0 Å². The molecule has 0 radical (unpaired) electrons. The van der Waals surface area contributed by atoms with Crippen LogP contribution in [0.2, 0.25) is 0 Å². The van der Waals surface area contributed by atoms with E-state index in [1.54, 1.807) is 7.11 Å². The lowest BCUT2D eigenvalue weighted by Crippen LogP contribution is -2.31. The summed E-state index contributed by atoms with van der Waals surface area (Å²) in [6.07, 6.45) is 4.12. The quantitative estimate of drug-likeness (QED) is 0.776. The van der Waals surface area contributed by atoms with Crippen molar-refractivity contribution in [3.05, 3.63) is 29.8 Å². The van der Waals surface area contributed by atoms with Crippen LogP contribution in [0.5, 0.6) is 5.75 Å². The zero-order valence-corrected chi connectivity index (χ0v) is 10.8. The van der Waals surface area contributed by atoms with E-state index in [0.717, 1.165) is 11.7 Å². The summed E-state index contributed by atoms with van der Waals surface area (Å²) >= 11 is 0. The molecule has 0 unspecified atom stereocenters. The molecule has 2 fully saturated rings. The molecular weight excluding hydrogens is 210 g/mol. The first kappa shape index (κ1) is 11.1. The number of nitrogens with zero attached hydrogens (tertiary/aromatic N) is 1. The van der Waals surface area contributed by atoms with Crippen LogP contribution >= 0.6 is 0 Å². The highest BCUT2D eigenvalue weighted by Crippen LogP contribution is 2.50. The van der Waals surface area contributed by atoms with Crippen LogP contribution in [-0.4, -0.2) is 32.1 Å². The molecule has 2 nitrogen and oxygen atoms in total. The minimum atomic E-state index is 0.406. The van der Waals surface area contributed by atoms with Gasteiger partial charge in [-0.3, -0.25) is 0 Å². The number of hydrogen-bond acceptors (Lipinski definition) is 2. The zero-order valence-electron chi connectivity index (χ0n) is 10.8. The largest absolute Gasteiger partial charge is 0.497 e. The molecule has 2 atom stereocenters. The molecule has 2 aliphatic rings. The van der Waals surface area contributed by atoms with E-state index >= 15 is 0 Å². The van der Waals surface area contributed by atoms with E-state index in [-0.39, 0.29) is 0 Å². The van der Waals surface area contributed by atoms with E-state index in [1.807, 2.05) is 6.07 Å². The normalized spacial score (nSPS) is 32.7. The van der Waals surface area contributed by atoms with Crippen molar-refractivity contribution in [2.75, 3.05) is 27.2 Å². The highest BCUT2D eigenvalue weighted by Gasteiger charge is 2.49. The Balaban J connectivity index is 2.00. The van der Waals surface area contributed by atoms with Crippen molar-refractivity contribution in [3.63, 3.8) is 0 Å². The number of hydrogen-bond donors (Lipinski definition) is 0. The highest BCUT2D eigenvalue weighted by molar-refractivity contribution is 5.37. The fraction of sp³-hybridized carbons (Fsp3) is 0.600. The summed E-state index contributed by atoms with van der Waals surface area (Å²) < 4.78 is 5.37. The average molecular weight is 231 g/mol. The van der Waals surface area contributed by atoms with E-state index in [1.165, 1.54) is 37.9 Å². The Bertz CT molecular complexity index is 417. The molecule has 1 aromatic carbocycles. The highest BCUT2D eigenvalue weighted by atomic mass is 16.5. The maximum atomic E-state index is 5.37. The molecule has 0 amide bonds. The summed E-state index contributed by atoms with van der Waals surface area (Å²) in [5.41, 5.74) is 1.90. The molecular formula is C15H21NO. The summed E-state index contributed by atoms with van der Waals surface area (Å²) in [6.45, 7) is 2.47. The van der Waals surface area contributed by atoms with Crippen LogP contribution in [0.1, 0.15) is 24.8 Å². The topological polar surface area (TPSA) is 12.5 Å². The Morgan fingerprint density at radius 2 is 2.29 bits per heavy atom. The maximum absolute atomic E-state index is 5.37. The summed E-state index contributed by atoms with van der Waals surface area (Å²) in [7, 11) is 4.00. The minimum Gasteiger partial charge on any atom is -0.497 e. The molecule has 1 saturated carbocycles. The Kier molecular flexibility index (Phi) is 2.62. The van der Waals surface area contributed by atoms with Gasteiger partial charge >= 0.3 is 0 Å². The van der Waals surface area contributed by atoms with Gasteiger partial charge in [0.15, 0.2) is 0 Å². The van der Waals surface area contributed by atoms with E-state index in [4.69, 9.17) is 4.74 Å². The van der Waals surface area contributed by atoms with Gasteiger partial charge in [0.1, 0.15) is 5.75 Å². The van der Waals surface area contributed by atoms with Crippen LogP contribution in [0, 0.1) is 5.92 Å². The lowest BCUT2D eigenvalue weighted by Gasteiger charge is -2.29. The summed E-state index contributed by atoms with van der Waals surface area (Å²) in [6, 6.07) is 8.72. The number of rotatable bonds is 2. The third-order valence-corrected chi connectivity index (χ3v) is 4.69. The van der Waals surface area contributed by atoms with Gasteiger partial charge in [-0.25, -0.2) is 0 Å². The van der Waals surface area contributed by atoms with Gasteiger partial charge in [-0.15, -0.1) is 0 Å². The van der Waals surface area contributed by atoms with Gasteiger partial charge in [0.25, 0.3) is 0 Å². The van der Waals surface area contributed by atoms with E-state index in [9.17, 15) is 0 Å². The Labute approximate surface area is 104 Å². The van der Waals surface area contributed by atoms with Crippen molar-refractivity contribution >= 4 is 0 Å². The van der Waals surface area contributed by atoms with Gasteiger partial charge in [-0.2, -0.15) is 0 Å². The molecule has 0 N–H and O–H groups in total. The molecule has 2 heteroatoms. The fourth-order valence-corrected chi connectivity index (χ4v) is 3.95. The van der Waals surface area contributed by atoms with Crippen LogP contribution in [0.3, 0.4) is 0 Å². The van der Waals surface area contributed by atoms with Crippen molar-refractivity contribution in [1.82, 2.24) is 4.90 Å². The molecule has 0 spiro atoms. The molecule has 17 heavy (non-hydrogen) atoms. The number of ether oxygens (including phenoxy) is 1. The molecule has 92 valence electrons. The molecule has 1 heterocycles. The predicted octanol–water partition coefficient (Wildman–Crippen LogP) is 2.68. The van der Waals surface area contributed by atoms with Gasteiger partial charge in [0, 0.05) is 18.5 Å². The number of fused-ring (bicyclic) bond motifs is 1. The number of likely N-dealkylation sites (N-methyl/N-ethyl adjacent to an activating group) is 1. The second kappa shape index (κ2) is 4.02. The zero-order chi connectivity index (χ0) is 11.9. The molecule has 0 aromatic heterocycles. The minimum absolute atomic E-state index is 0.406. The van der Waals surface area contributed by atoms with Crippen LogP contribution in [-0.2, 0) is 5.41 Å². The van der Waals surface area contributed by atoms with Crippen molar-refractivity contribution in [1.29, 1.82) is 0 Å². The Hall–Kier alpha value is -1.02. The Morgan fingerprint density at radius 1 is 1.41 bits per heavy atom. The SMILES string of the molecule is COc1cccc([C@@]23CCC[C@@H]2CN(C)C3)c1. The van der Waals surface area contributed by atoms with Crippen molar-refractivity contribution in [3.8, 4) is 5.75 Å². The van der Waals surface area contributed by atoms with Gasteiger partial charge in [-0.1, -0.05) is 18.6 Å². The third kappa shape index (κ3) is 1.66. The second-order valence-electron chi connectivity index (χ2n) is 5.67. The summed E-state index contributed by atoms with van der Waals surface area (Å²) in [4.78, 5) is 2.49. The number of benzene rings is 1. The summed E-state index contributed by atoms with van der Waals surface area (Å²) in [5, 5.41) is 0. The average Bonchev–Trinajstić information content (AvgIpc) is 2.86. The van der Waals surface area contributed by atoms with Gasteiger partial charge in [-0.05, 0) is 43.5 Å². The van der Waals surface area contributed by atoms with E-state index in [0.29, 0.717) is 5.41 Å². The fourth-order valence-electron chi connectivity index (χ4n) is 3.95. The Morgan fingerprint density at radius 3 is 3.12 bits per heavy atom. The predicted molar refractivity (Wildman–Crippen MR) is 69.5 cm³/mol. The van der Waals surface area contributed by atoms with Gasteiger partial charge in [0.2, 0.25) is 0 Å². The van der Waals surface area contributed by atoms with Gasteiger partial charge in [0.05, 0.1) is 7.11 Å². The van der Waals surface area contributed by atoms with Crippen LogP contribution < -0.4 is 4.74 Å². The lowest BCUT2D eigenvalue weighted by molar-refractivity contribution is 0.357. The van der Waals surface area contributed by atoms with Crippen LogP contribution in [0.15, 0.2) is 24.3 Å². The third-order valence-electron chi connectivity index (χ3n) is 4.69. The van der Waals surface area contributed by atoms with Crippen LogP contribution in [0.4, 0.5) is 0 Å². The first-order valence-corrected chi connectivity index (χ1v) is 6.58. The summed E-state index contributed by atoms with van der Waals surface area (Å²) in [5.74, 6) is 1.84. The van der Waals surface area contributed by atoms with E-state index < -0.39 is 0 Å². The monoisotopic (exact) mass is 231 g/mol. The molecule has 3 rings (SSSR count). The van der Waals surface area contributed by atoms with Gasteiger partial charge < -0.3 is 9.64 Å². The molecule has 1 aliphatic heterocycles. The number of methoxy groups -OCH3 is 1. The standard InChI is InChI=1S/C15H21NO/c1-16-10-13-6-4-8-15(13,11-16)12-5-3-7-14(9-12)17-2/h3,5,7,9,13H,4,6,8,10-11H2,1-2H3/t13-,15+/m1/s1. The van der Waals surface area contributed by atoms with E-state index in [2.05, 4.69) is 30.1 Å². The maximum Gasteiger partial charge on any atom is 0.119 e. The van der Waals surface area contributed by atoms with Crippen molar-refractivity contribution in [2.24, 2.45) is 5.92 Å². The molecule has 1 aliphatic carbocycles. The molecule has 0 bridgehead atoms. The van der Waals surface area contributed by atoms with Crippen molar-refractivity contribution < 1.29 is 4.74 Å². The molecule has 1 saturated heterocycles. The number of likely N-dealkylation sites (tertiary alicyclic amines) is 1. The van der Waals surface area contributed by atoms with Crippen molar-refractivity contribution in [2.45, 2.75) is 24.7 Å². The first-order chi connectivity index (χ1) is 8.24. The smallest absolute Gasteiger partial charge is 0.119 e. The lowest BCUT2D eigenvalue weighted by atomic mass is 9.74.